The van der Waals surface area contributed by atoms with Gasteiger partial charge in [-0.1, -0.05) is 44.2 Å². The Hall–Kier alpha value is -3.15. The minimum atomic E-state index is -5.18. The van der Waals surface area contributed by atoms with Gasteiger partial charge >= 0.3 is 12.1 Å². The van der Waals surface area contributed by atoms with Gasteiger partial charge in [0.15, 0.2) is 6.10 Å². The van der Waals surface area contributed by atoms with E-state index in [1.807, 2.05) is 0 Å². The number of hydrogen-bond donors (Lipinski definition) is 4. The Morgan fingerprint density at radius 1 is 1.03 bits per heavy atom. The third-order valence-electron chi connectivity index (χ3n) is 4.50. The number of carbonyl (C=O) groups is 4. The van der Waals surface area contributed by atoms with Gasteiger partial charge in [0.25, 0.3) is 5.91 Å². The van der Waals surface area contributed by atoms with Crippen LogP contribution in [-0.2, 0) is 19.2 Å². The van der Waals surface area contributed by atoms with Gasteiger partial charge in [0.05, 0.1) is 12.6 Å². The van der Waals surface area contributed by atoms with Gasteiger partial charge in [0.1, 0.15) is 6.04 Å². The van der Waals surface area contributed by atoms with Crippen molar-refractivity contribution < 1.29 is 37.5 Å². The van der Waals surface area contributed by atoms with Crippen LogP contribution in [0, 0.1) is 5.92 Å². The number of aliphatic hydroxyl groups is 1. The van der Waals surface area contributed by atoms with Crippen molar-refractivity contribution >= 4 is 23.6 Å². The van der Waals surface area contributed by atoms with Crippen molar-refractivity contribution in [3.63, 3.8) is 0 Å². The molecule has 2 unspecified atom stereocenters. The molecule has 4 amide bonds. The molecule has 9 nitrogen and oxygen atoms in total. The molecule has 0 radical (unpaired) electrons. The first kappa shape index (κ1) is 27.9. The smallest absolute Gasteiger partial charge is 0.381 e. The Kier molecular flexibility index (Phi) is 10.3. The van der Waals surface area contributed by atoms with Gasteiger partial charge in [0.2, 0.25) is 11.8 Å². The summed E-state index contributed by atoms with van der Waals surface area (Å²) in [5, 5.41) is 16.4. The average Bonchev–Trinajstić information content (AvgIpc) is 2.73. The summed E-state index contributed by atoms with van der Waals surface area (Å²) < 4.78 is 37.7. The molecule has 0 bridgehead atoms. The van der Waals surface area contributed by atoms with Gasteiger partial charge in [0, 0.05) is 14.1 Å². The summed E-state index contributed by atoms with van der Waals surface area (Å²) in [7, 11) is 3.01. The molecule has 0 aliphatic heterocycles. The molecule has 3 atom stereocenters. The summed E-state index contributed by atoms with van der Waals surface area (Å²) in [5.41, 5.74) is 0.503. The SMILES string of the molecule is CC(C)CC(NC(=O)C(F)(F)F)C(O)C(=O)NCC(=O)N[C@H](C(=O)N(C)C)c1ccccc1. The fourth-order valence-electron chi connectivity index (χ4n) is 2.88. The van der Waals surface area contributed by atoms with Gasteiger partial charge in [-0.15, -0.1) is 0 Å². The summed E-state index contributed by atoms with van der Waals surface area (Å²) >= 11 is 0. The molecular weight excluding hydrogens is 445 g/mol. The van der Waals surface area contributed by atoms with Crippen LogP contribution in [0.2, 0.25) is 0 Å². The number of nitrogens with one attached hydrogen (secondary N) is 3. The Balaban J connectivity index is 2.81. The van der Waals surface area contributed by atoms with Gasteiger partial charge in [-0.05, 0) is 17.9 Å². The predicted molar refractivity (Wildman–Crippen MR) is 112 cm³/mol. The van der Waals surface area contributed by atoms with Gasteiger partial charge in [-0.2, -0.15) is 13.2 Å². The highest BCUT2D eigenvalue weighted by atomic mass is 19.4. The highest BCUT2D eigenvalue weighted by Crippen LogP contribution is 2.17. The number of amides is 4. The van der Waals surface area contributed by atoms with Crippen LogP contribution in [-0.4, -0.2) is 72.6 Å². The topological polar surface area (TPSA) is 128 Å². The van der Waals surface area contributed by atoms with Gasteiger partial charge in [-0.25, -0.2) is 0 Å². The van der Waals surface area contributed by atoms with E-state index < -0.39 is 54.5 Å². The van der Waals surface area contributed by atoms with Crippen molar-refractivity contribution in [1.82, 2.24) is 20.9 Å². The Bertz CT molecular complexity index is 831. The summed E-state index contributed by atoms with van der Waals surface area (Å²) in [5.74, 6) is -4.87. The molecule has 0 aliphatic rings. The van der Waals surface area contributed by atoms with Crippen molar-refractivity contribution in [2.24, 2.45) is 5.92 Å². The van der Waals surface area contributed by atoms with E-state index in [-0.39, 0.29) is 12.3 Å². The number of hydrogen-bond acceptors (Lipinski definition) is 5. The molecule has 1 aromatic rings. The molecule has 0 heterocycles. The molecular formula is C21H29F3N4O5. The molecule has 0 aliphatic carbocycles. The Labute approximate surface area is 189 Å². The van der Waals surface area contributed by atoms with E-state index in [0.29, 0.717) is 5.56 Å². The maximum absolute atomic E-state index is 12.6. The number of carbonyl (C=O) groups excluding carboxylic acids is 4. The second-order valence-corrected chi connectivity index (χ2v) is 8.01. The highest BCUT2D eigenvalue weighted by Gasteiger charge is 2.41. The number of rotatable bonds is 10. The molecule has 12 heteroatoms. The Morgan fingerprint density at radius 2 is 1.61 bits per heavy atom. The van der Waals surface area contributed by atoms with E-state index in [2.05, 4.69) is 10.6 Å². The first-order valence-electron chi connectivity index (χ1n) is 10.1. The number of benzene rings is 1. The molecule has 0 saturated heterocycles. The third kappa shape index (κ3) is 9.08. The maximum Gasteiger partial charge on any atom is 0.471 e. The lowest BCUT2D eigenvalue weighted by Crippen LogP contribution is -2.54. The first-order chi connectivity index (χ1) is 15.2. The third-order valence-corrected chi connectivity index (χ3v) is 4.50. The predicted octanol–water partition coefficient (Wildman–Crippen LogP) is 0.502. The fourth-order valence-corrected chi connectivity index (χ4v) is 2.88. The van der Waals surface area contributed by atoms with Gasteiger partial charge in [-0.3, -0.25) is 19.2 Å². The van der Waals surface area contributed by atoms with Crippen LogP contribution in [0.25, 0.3) is 0 Å². The molecule has 0 aromatic heterocycles. The van der Waals surface area contributed by atoms with E-state index in [0.717, 1.165) is 0 Å². The number of likely N-dealkylation sites (N-methyl/N-ethyl adjacent to an activating group) is 1. The van der Waals surface area contributed by atoms with Crippen LogP contribution < -0.4 is 16.0 Å². The van der Waals surface area contributed by atoms with Crippen LogP contribution in [0.15, 0.2) is 30.3 Å². The van der Waals surface area contributed by atoms with Crippen molar-refractivity contribution in [3.05, 3.63) is 35.9 Å². The molecule has 1 rings (SSSR count). The summed E-state index contributed by atoms with van der Waals surface area (Å²) in [6.45, 7) is 2.62. The molecule has 0 fully saturated rings. The zero-order valence-electron chi connectivity index (χ0n) is 18.8. The van der Waals surface area contributed by atoms with Crippen molar-refractivity contribution in [2.75, 3.05) is 20.6 Å². The molecule has 184 valence electrons. The van der Waals surface area contributed by atoms with E-state index in [9.17, 15) is 37.5 Å². The van der Waals surface area contributed by atoms with E-state index in [4.69, 9.17) is 0 Å². The van der Waals surface area contributed by atoms with Crippen molar-refractivity contribution in [3.8, 4) is 0 Å². The molecule has 1 aromatic carbocycles. The summed E-state index contributed by atoms with van der Waals surface area (Å²) in [6.07, 6.45) is -7.33. The summed E-state index contributed by atoms with van der Waals surface area (Å²) in [4.78, 5) is 49.6. The highest BCUT2D eigenvalue weighted by molar-refractivity contribution is 5.91. The van der Waals surface area contributed by atoms with Gasteiger partial charge < -0.3 is 26.0 Å². The van der Waals surface area contributed by atoms with Crippen molar-refractivity contribution in [1.29, 1.82) is 0 Å². The van der Waals surface area contributed by atoms with E-state index in [1.54, 1.807) is 49.5 Å². The molecule has 0 saturated carbocycles. The maximum atomic E-state index is 12.6. The number of alkyl halides is 3. The van der Waals surface area contributed by atoms with Crippen LogP contribution >= 0.6 is 0 Å². The van der Waals surface area contributed by atoms with E-state index >= 15 is 0 Å². The monoisotopic (exact) mass is 474 g/mol. The number of halogens is 3. The lowest BCUT2D eigenvalue weighted by Gasteiger charge is -2.26. The second-order valence-electron chi connectivity index (χ2n) is 8.01. The standard InChI is InChI=1S/C21H29F3N4O5/c1-12(2)10-14(26-20(33)21(22,23)24)17(30)18(31)25-11-15(29)27-16(19(32)28(3)4)13-8-6-5-7-9-13/h5-9,12,14,16-17,30H,10-11H2,1-4H3,(H,25,31)(H,26,33)(H,27,29)/t14?,16-,17?/m0/s1. The normalized spacial score (nSPS) is 14.1. The minimum absolute atomic E-state index is 0.115. The fraction of sp³-hybridized carbons (Fsp3) is 0.524. The molecule has 4 N–H and O–H groups in total. The minimum Gasteiger partial charge on any atom is -0.381 e. The number of aliphatic hydroxyl groups excluding tert-OH is 1. The lowest BCUT2D eigenvalue weighted by atomic mass is 9.98. The average molecular weight is 474 g/mol. The lowest BCUT2D eigenvalue weighted by molar-refractivity contribution is -0.175. The van der Waals surface area contributed by atoms with Crippen molar-refractivity contribution in [2.45, 2.75) is 44.6 Å². The van der Waals surface area contributed by atoms with Crippen LogP contribution in [0.5, 0.6) is 0 Å². The van der Waals surface area contributed by atoms with Crippen LogP contribution in [0.4, 0.5) is 13.2 Å². The first-order valence-corrected chi connectivity index (χ1v) is 10.1. The van der Waals surface area contributed by atoms with Crippen LogP contribution in [0.3, 0.4) is 0 Å². The largest absolute Gasteiger partial charge is 0.471 e. The Morgan fingerprint density at radius 3 is 2.09 bits per heavy atom. The zero-order chi connectivity index (χ0) is 25.3. The number of nitrogens with zero attached hydrogens (tertiary/aromatic N) is 1. The zero-order valence-corrected chi connectivity index (χ0v) is 18.8. The van der Waals surface area contributed by atoms with E-state index in [1.165, 1.54) is 19.0 Å². The second kappa shape index (κ2) is 12.2. The summed E-state index contributed by atoms with van der Waals surface area (Å²) in [6, 6.07) is 5.81. The van der Waals surface area contributed by atoms with Crippen LogP contribution in [0.1, 0.15) is 31.9 Å². The molecule has 33 heavy (non-hydrogen) atoms. The quantitative estimate of drug-likeness (QED) is 0.393. The molecule has 0 spiro atoms.